The lowest BCUT2D eigenvalue weighted by Gasteiger charge is -2.04. The standard InChI is InChI=1S/C5H12N4O2/c1-2-8-9-5(11)7-3-4(6)10/h8H,2-3H2,1H3,(H2,6,10)(H2,7,9,11). The van der Waals surface area contributed by atoms with Crippen LogP contribution in [-0.2, 0) is 4.79 Å². The van der Waals surface area contributed by atoms with Crippen LogP contribution >= 0.6 is 0 Å². The number of urea groups is 1. The average molecular weight is 160 g/mol. The number of rotatable bonds is 4. The Balaban J connectivity index is 3.30. The zero-order valence-corrected chi connectivity index (χ0v) is 6.31. The molecule has 0 spiro atoms. The van der Waals surface area contributed by atoms with Gasteiger partial charge in [-0.1, -0.05) is 6.92 Å². The maximum absolute atomic E-state index is 10.6. The van der Waals surface area contributed by atoms with Crippen molar-refractivity contribution in [1.29, 1.82) is 0 Å². The third-order valence-corrected chi connectivity index (χ3v) is 0.802. The molecule has 6 heteroatoms. The van der Waals surface area contributed by atoms with Crippen LogP contribution in [0.2, 0.25) is 0 Å². The van der Waals surface area contributed by atoms with Crippen molar-refractivity contribution in [2.45, 2.75) is 6.92 Å². The van der Waals surface area contributed by atoms with Gasteiger partial charge in [-0.05, 0) is 0 Å². The van der Waals surface area contributed by atoms with Gasteiger partial charge in [0.15, 0.2) is 0 Å². The number of carbonyl (C=O) groups is 2. The largest absolute Gasteiger partial charge is 0.368 e. The summed E-state index contributed by atoms with van der Waals surface area (Å²) < 4.78 is 0. The number of carbonyl (C=O) groups excluding carboxylic acids is 2. The minimum atomic E-state index is -0.573. The first-order chi connectivity index (χ1) is 5.16. The Morgan fingerprint density at radius 1 is 1.45 bits per heavy atom. The molecule has 5 N–H and O–H groups in total. The van der Waals surface area contributed by atoms with Gasteiger partial charge >= 0.3 is 6.03 Å². The summed E-state index contributed by atoms with van der Waals surface area (Å²) in [5, 5.41) is 2.23. The third-order valence-electron chi connectivity index (χ3n) is 0.802. The molecule has 0 aromatic carbocycles. The van der Waals surface area contributed by atoms with Crippen molar-refractivity contribution in [3.8, 4) is 0 Å². The zero-order valence-electron chi connectivity index (χ0n) is 6.31. The molecule has 0 aliphatic rings. The van der Waals surface area contributed by atoms with Gasteiger partial charge in [-0.25, -0.2) is 10.2 Å². The monoisotopic (exact) mass is 160 g/mol. The fourth-order valence-corrected chi connectivity index (χ4v) is 0.380. The molecule has 0 fully saturated rings. The van der Waals surface area contributed by atoms with Gasteiger partial charge in [0.2, 0.25) is 5.91 Å². The Morgan fingerprint density at radius 2 is 2.09 bits per heavy atom. The summed E-state index contributed by atoms with van der Waals surface area (Å²) in [5.41, 5.74) is 9.61. The van der Waals surface area contributed by atoms with Gasteiger partial charge < -0.3 is 11.1 Å². The van der Waals surface area contributed by atoms with Crippen LogP contribution in [-0.4, -0.2) is 25.0 Å². The molecule has 0 unspecified atom stereocenters. The van der Waals surface area contributed by atoms with Crippen molar-refractivity contribution >= 4 is 11.9 Å². The molecule has 0 atom stereocenters. The lowest BCUT2D eigenvalue weighted by molar-refractivity contribution is -0.117. The summed E-state index contributed by atoms with van der Waals surface area (Å²) in [6, 6.07) is -0.467. The fourth-order valence-electron chi connectivity index (χ4n) is 0.380. The van der Waals surface area contributed by atoms with Crippen LogP contribution in [0, 0.1) is 0 Å². The van der Waals surface area contributed by atoms with E-state index in [1.54, 1.807) is 0 Å². The van der Waals surface area contributed by atoms with Gasteiger partial charge in [0.05, 0.1) is 6.54 Å². The van der Waals surface area contributed by atoms with Gasteiger partial charge in [-0.3, -0.25) is 10.2 Å². The van der Waals surface area contributed by atoms with Gasteiger partial charge in [-0.15, -0.1) is 0 Å². The number of primary amides is 1. The first-order valence-electron chi connectivity index (χ1n) is 3.21. The lowest BCUT2D eigenvalue weighted by Crippen LogP contribution is -2.46. The second-order valence-electron chi connectivity index (χ2n) is 1.80. The summed E-state index contributed by atoms with van der Waals surface area (Å²) in [6.45, 7) is 2.29. The van der Waals surface area contributed by atoms with E-state index in [4.69, 9.17) is 5.73 Å². The molecule has 0 aliphatic carbocycles. The first-order valence-corrected chi connectivity index (χ1v) is 3.21. The minimum Gasteiger partial charge on any atom is -0.368 e. The second kappa shape index (κ2) is 5.48. The molecule has 0 aromatic rings. The quantitative estimate of drug-likeness (QED) is 0.369. The van der Waals surface area contributed by atoms with Gasteiger partial charge in [-0.2, -0.15) is 0 Å². The highest BCUT2D eigenvalue weighted by Gasteiger charge is 1.98. The summed E-state index contributed by atoms with van der Waals surface area (Å²) in [6.07, 6.45) is 0. The van der Waals surface area contributed by atoms with Crippen LogP contribution < -0.4 is 21.9 Å². The normalized spacial score (nSPS) is 8.82. The van der Waals surface area contributed by atoms with Gasteiger partial charge in [0.25, 0.3) is 0 Å². The molecule has 0 aromatic heterocycles. The molecule has 0 bridgehead atoms. The number of hydrogen-bond donors (Lipinski definition) is 4. The van der Waals surface area contributed by atoms with Crippen LogP contribution in [0.1, 0.15) is 6.92 Å². The van der Waals surface area contributed by atoms with Crippen molar-refractivity contribution in [3.63, 3.8) is 0 Å². The number of hydrogen-bond acceptors (Lipinski definition) is 3. The van der Waals surface area contributed by atoms with Crippen molar-refractivity contribution in [2.75, 3.05) is 13.1 Å². The molecular weight excluding hydrogens is 148 g/mol. The van der Waals surface area contributed by atoms with Crippen molar-refractivity contribution in [3.05, 3.63) is 0 Å². The zero-order chi connectivity index (χ0) is 8.69. The topological polar surface area (TPSA) is 96.2 Å². The molecule has 0 saturated heterocycles. The number of amides is 3. The molecule has 6 nitrogen and oxygen atoms in total. The van der Waals surface area contributed by atoms with E-state index >= 15 is 0 Å². The molecule has 64 valence electrons. The number of nitrogens with one attached hydrogen (secondary N) is 3. The van der Waals surface area contributed by atoms with E-state index in [0.717, 1.165) is 0 Å². The minimum absolute atomic E-state index is 0.156. The van der Waals surface area contributed by atoms with E-state index in [9.17, 15) is 9.59 Å². The SMILES string of the molecule is CCNNC(=O)NCC(N)=O. The van der Waals surface area contributed by atoms with Crippen molar-refractivity contribution in [2.24, 2.45) is 5.73 Å². The van der Waals surface area contributed by atoms with Crippen molar-refractivity contribution in [1.82, 2.24) is 16.2 Å². The number of hydrazine groups is 1. The first kappa shape index (κ1) is 9.70. The van der Waals surface area contributed by atoms with E-state index in [1.807, 2.05) is 6.92 Å². The van der Waals surface area contributed by atoms with E-state index < -0.39 is 11.9 Å². The highest BCUT2D eigenvalue weighted by atomic mass is 16.2. The molecule has 0 rings (SSSR count). The summed E-state index contributed by atoms with van der Waals surface area (Å²) >= 11 is 0. The van der Waals surface area contributed by atoms with Crippen LogP contribution in [0.5, 0.6) is 0 Å². The Bertz CT molecular complexity index is 147. The molecule has 3 amide bonds. The van der Waals surface area contributed by atoms with Crippen LogP contribution in [0.4, 0.5) is 4.79 Å². The molecule has 0 heterocycles. The van der Waals surface area contributed by atoms with E-state index in [2.05, 4.69) is 16.2 Å². The predicted octanol–water partition coefficient (Wildman–Crippen LogP) is -1.70. The molecule has 0 radical (unpaired) electrons. The molecule has 0 saturated carbocycles. The third kappa shape index (κ3) is 6.59. The van der Waals surface area contributed by atoms with E-state index in [1.165, 1.54) is 0 Å². The van der Waals surface area contributed by atoms with E-state index in [0.29, 0.717) is 6.54 Å². The van der Waals surface area contributed by atoms with Gasteiger partial charge in [0.1, 0.15) is 0 Å². The summed E-state index contributed by atoms with van der Waals surface area (Å²) in [5.74, 6) is -0.573. The molecular formula is C5H12N4O2. The van der Waals surface area contributed by atoms with E-state index in [-0.39, 0.29) is 6.54 Å². The Hall–Kier alpha value is -1.30. The van der Waals surface area contributed by atoms with Crippen molar-refractivity contribution < 1.29 is 9.59 Å². The van der Waals surface area contributed by atoms with Crippen LogP contribution in [0.3, 0.4) is 0 Å². The Morgan fingerprint density at radius 3 is 2.55 bits per heavy atom. The highest BCUT2D eigenvalue weighted by molar-refractivity contribution is 5.82. The smallest absolute Gasteiger partial charge is 0.329 e. The molecule has 11 heavy (non-hydrogen) atoms. The highest BCUT2D eigenvalue weighted by Crippen LogP contribution is 1.60. The second-order valence-corrected chi connectivity index (χ2v) is 1.80. The summed E-state index contributed by atoms with van der Waals surface area (Å²) in [7, 11) is 0. The average Bonchev–Trinajstić information content (AvgIpc) is 1.97. The molecule has 0 aliphatic heterocycles. The maximum atomic E-state index is 10.6. The fraction of sp³-hybridized carbons (Fsp3) is 0.600. The van der Waals surface area contributed by atoms with Crippen LogP contribution in [0.15, 0.2) is 0 Å². The predicted molar refractivity (Wildman–Crippen MR) is 39.4 cm³/mol. The van der Waals surface area contributed by atoms with Gasteiger partial charge in [0, 0.05) is 6.54 Å². The van der Waals surface area contributed by atoms with Crippen LogP contribution in [0.25, 0.3) is 0 Å². The lowest BCUT2D eigenvalue weighted by atomic mass is 10.6. The number of nitrogens with two attached hydrogens (primary N) is 1. The Kier molecular flexibility index (Phi) is 4.83. The summed E-state index contributed by atoms with van der Waals surface area (Å²) in [4.78, 5) is 20.8. The Labute approximate surface area is 64.5 Å². The maximum Gasteiger partial charge on any atom is 0.329 e.